The highest BCUT2D eigenvalue weighted by Gasteiger charge is 2.29. The van der Waals surface area contributed by atoms with E-state index in [1.807, 2.05) is 6.07 Å². The molecule has 0 saturated carbocycles. The van der Waals surface area contributed by atoms with Gasteiger partial charge in [-0.3, -0.25) is 4.79 Å². The largest absolute Gasteiger partial charge is 0.330 e. The van der Waals surface area contributed by atoms with Crippen LogP contribution in [-0.2, 0) is 4.79 Å². The van der Waals surface area contributed by atoms with Crippen molar-refractivity contribution < 1.29 is 4.79 Å². The fourth-order valence-corrected chi connectivity index (χ4v) is 2.17. The minimum atomic E-state index is 0.0567. The summed E-state index contributed by atoms with van der Waals surface area (Å²) < 4.78 is 0. The van der Waals surface area contributed by atoms with Crippen molar-refractivity contribution in [2.75, 3.05) is 18.0 Å². The molecule has 0 bridgehead atoms. The van der Waals surface area contributed by atoms with Gasteiger partial charge in [-0.15, -0.1) is 0 Å². The molecule has 4 nitrogen and oxygen atoms in total. The van der Waals surface area contributed by atoms with Crippen molar-refractivity contribution >= 4 is 23.2 Å². The Balaban J connectivity index is 2.27. The first-order valence-corrected chi connectivity index (χ1v) is 5.73. The van der Waals surface area contributed by atoms with Gasteiger partial charge >= 0.3 is 0 Å². The quantitative estimate of drug-likeness (QED) is 0.864. The Hall–Kier alpha value is -1.57. The molecule has 1 saturated heterocycles. The maximum absolute atomic E-state index is 11.8. The van der Waals surface area contributed by atoms with Crippen molar-refractivity contribution in [2.24, 2.45) is 11.7 Å². The van der Waals surface area contributed by atoms with Crippen LogP contribution in [0.5, 0.6) is 0 Å². The Morgan fingerprint density at radius 1 is 1.59 bits per heavy atom. The summed E-state index contributed by atoms with van der Waals surface area (Å²) in [6.07, 6.45) is 0.480. The highest BCUT2D eigenvalue weighted by molar-refractivity contribution is 6.32. The average molecular weight is 250 g/mol. The van der Waals surface area contributed by atoms with E-state index in [0.717, 1.165) is 5.69 Å². The normalized spacial score (nSPS) is 19.5. The van der Waals surface area contributed by atoms with Crippen LogP contribution in [-0.4, -0.2) is 19.0 Å². The smallest absolute Gasteiger partial charge is 0.227 e. The van der Waals surface area contributed by atoms with Gasteiger partial charge < -0.3 is 10.6 Å². The van der Waals surface area contributed by atoms with Crippen LogP contribution >= 0.6 is 11.6 Å². The van der Waals surface area contributed by atoms with E-state index < -0.39 is 0 Å². The summed E-state index contributed by atoms with van der Waals surface area (Å²) in [5.41, 5.74) is 6.71. The zero-order valence-corrected chi connectivity index (χ0v) is 9.94. The summed E-state index contributed by atoms with van der Waals surface area (Å²) in [5, 5.41) is 9.14. The summed E-state index contributed by atoms with van der Waals surface area (Å²) >= 11 is 5.94. The number of rotatable bonds is 2. The third-order valence-electron chi connectivity index (χ3n) is 2.92. The number of carbonyl (C=O) groups excluding carboxylic acids is 1. The van der Waals surface area contributed by atoms with E-state index in [0.29, 0.717) is 30.1 Å². The first-order chi connectivity index (χ1) is 8.15. The van der Waals surface area contributed by atoms with Gasteiger partial charge in [-0.05, 0) is 30.7 Å². The molecule has 1 aliphatic rings. The third-order valence-corrected chi connectivity index (χ3v) is 3.24. The topological polar surface area (TPSA) is 70.1 Å². The van der Waals surface area contributed by atoms with Crippen LogP contribution in [0.2, 0.25) is 5.02 Å². The van der Waals surface area contributed by atoms with Crippen molar-refractivity contribution in [1.29, 1.82) is 5.26 Å². The molecule has 1 amide bonds. The first kappa shape index (κ1) is 11.9. The number of halogens is 1. The number of benzene rings is 1. The van der Waals surface area contributed by atoms with Crippen LogP contribution in [0.1, 0.15) is 12.0 Å². The van der Waals surface area contributed by atoms with Crippen LogP contribution in [0.25, 0.3) is 0 Å². The van der Waals surface area contributed by atoms with E-state index in [4.69, 9.17) is 22.6 Å². The highest BCUT2D eigenvalue weighted by atomic mass is 35.5. The van der Waals surface area contributed by atoms with Crippen molar-refractivity contribution in [3.8, 4) is 6.07 Å². The van der Waals surface area contributed by atoms with Gasteiger partial charge in [0.05, 0.1) is 10.6 Å². The van der Waals surface area contributed by atoms with Crippen molar-refractivity contribution in [3.05, 3.63) is 28.8 Å². The maximum Gasteiger partial charge on any atom is 0.227 e. The van der Waals surface area contributed by atoms with Gasteiger partial charge in [0, 0.05) is 18.7 Å². The van der Waals surface area contributed by atoms with Crippen LogP contribution in [0.15, 0.2) is 18.2 Å². The second-order valence-corrected chi connectivity index (χ2v) is 4.49. The number of nitriles is 1. The van der Waals surface area contributed by atoms with Gasteiger partial charge in [0.2, 0.25) is 5.91 Å². The third kappa shape index (κ3) is 2.26. The number of nitrogens with two attached hydrogens (primary N) is 1. The van der Waals surface area contributed by atoms with Crippen LogP contribution in [0.4, 0.5) is 5.69 Å². The molecular formula is C12H12ClN3O. The first-order valence-electron chi connectivity index (χ1n) is 5.35. The number of hydrogen-bond donors (Lipinski definition) is 1. The van der Waals surface area contributed by atoms with Crippen LogP contribution < -0.4 is 10.6 Å². The van der Waals surface area contributed by atoms with Crippen molar-refractivity contribution in [1.82, 2.24) is 0 Å². The number of hydrogen-bond acceptors (Lipinski definition) is 3. The lowest BCUT2D eigenvalue weighted by atomic mass is 10.1. The molecule has 1 unspecified atom stereocenters. The Morgan fingerprint density at radius 3 is 2.88 bits per heavy atom. The van der Waals surface area contributed by atoms with Gasteiger partial charge in [0.15, 0.2) is 0 Å². The second-order valence-electron chi connectivity index (χ2n) is 4.09. The molecule has 1 fully saturated rings. The lowest BCUT2D eigenvalue weighted by Crippen LogP contribution is -2.25. The molecule has 2 rings (SSSR count). The molecule has 0 radical (unpaired) electrons. The monoisotopic (exact) mass is 249 g/mol. The molecule has 17 heavy (non-hydrogen) atoms. The lowest BCUT2D eigenvalue weighted by Gasteiger charge is -2.17. The van der Waals surface area contributed by atoms with Crippen LogP contribution in [0, 0.1) is 17.2 Å². The predicted molar refractivity (Wildman–Crippen MR) is 65.7 cm³/mol. The highest BCUT2D eigenvalue weighted by Crippen LogP contribution is 2.28. The van der Waals surface area contributed by atoms with Crippen molar-refractivity contribution in [3.63, 3.8) is 0 Å². The molecule has 1 aromatic rings. The standard InChI is InChI=1S/C12H12ClN3O/c13-11-4-10(2-1-9(11)6-15)16-7-8(5-14)3-12(16)17/h1-2,4,8H,3,5,7,14H2. The fraction of sp³-hybridized carbons (Fsp3) is 0.333. The predicted octanol–water partition coefficient (Wildman–Crippen LogP) is 1.52. The summed E-state index contributed by atoms with van der Waals surface area (Å²) in [5.74, 6) is 0.262. The molecule has 1 aromatic carbocycles. The summed E-state index contributed by atoms with van der Waals surface area (Å²) in [6.45, 7) is 1.13. The zero-order chi connectivity index (χ0) is 12.4. The van der Waals surface area contributed by atoms with Gasteiger partial charge in [-0.25, -0.2) is 0 Å². The number of anilines is 1. The number of amides is 1. The number of carbonyl (C=O) groups is 1. The van der Waals surface area contributed by atoms with Crippen molar-refractivity contribution in [2.45, 2.75) is 6.42 Å². The van der Waals surface area contributed by atoms with E-state index in [9.17, 15) is 4.79 Å². The second kappa shape index (κ2) is 4.74. The van der Waals surface area contributed by atoms with Gasteiger partial charge in [-0.2, -0.15) is 5.26 Å². The van der Waals surface area contributed by atoms with E-state index in [-0.39, 0.29) is 11.8 Å². The van der Waals surface area contributed by atoms with Gasteiger partial charge in [-0.1, -0.05) is 11.6 Å². The van der Waals surface area contributed by atoms with E-state index >= 15 is 0 Å². The minimum Gasteiger partial charge on any atom is -0.330 e. The van der Waals surface area contributed by atoms with E-state index in [1.165, 1.54) is 0 Å². The number of nitrogens with zero attached hydrogens (tertiary/aromatic N) is 2. The molecule has 1 heterocycles. The Kier molecular flexibility index (Phi) is 3.32. The summed E-state index contributed by atoms with van der Waals surface area (Å²) in [4.78, 5) is 13.4. The molecule has 88 valence electrons. The SMILES string of the molecule is N#Cc1ccc(N2CC(CN)CC2=O)cc1Cl. The molecular weight excluding hydrogens is 238 g/mol. The fourth-order valence-electron chi connectivity index (χ4n) is 1.95. The minimum absolute atomic E-state index is 0.0567. The molecule has 1 atom stereocenters. The molecule has 0 aliphatic carbocycles. The molecule has 1 aliphatic heterocycles. The Bertz CT molecular complexity index is 495. The molecule has 5 heteroatoms. The lowest BCUT2D eigenvalue weighted by molar-refractivity contribution is -0.117. The Labute approximate surface area is 105 Å². The zero-order valence-electron chi connectivity index (χ0n) is 9.19. The molecule has 0 aromatic heterocycles. The van der Waals surface area contributed by atoms with Gasteiger partial charge in [0.25, 0.3) is 0 Å². The maximum atomic E-state index is 11.8. The molecule has 2 N–H and O–H groups in total. The Morgan fingerprint density at radius 2 is 2.35 bits per heavy atom. The average Bonchev–Trinajstić information content (AvgIpc) is 2.70. The van der Waals surface area contributed by atoms with E-state index in [2.05, 4.69) is 0 Å². The summed E-state index contributed by atoms with van der Waals surface area (Å²) in [6, 6.07) is 7.00. The summed E-state index contributed by atoms with van der Waals surface area (Å²) in [7, 11) is 0. The van der Waals surface area contributed by atoms with E-state index in [1.54, 1.807) is 23.1 Å². The molecule has 0 spiro atoms. The van der Waals surface area contributed by atoms with Crippen LogP contribution in [0.3, 0.4) is 0 Å². The van der Waals surface area contributed by atoms with Gasteiger partial charge in [0.1, 0.15) is 6.07 Å².